The highest BCUT2D eigenvalue weighted by Crippen LogP contribution is 2.33. The zero-order valence-corrected chi connectivity index (χ0v) is 17.2. The van der Waals surface area contributed by atoms with Crippen molar-refractivity contribution in [2.45, 2.75) is 31.3 Å². The van der Waals surface area contributed by atoms with Gasteiger partial charge in [-0.05, 0) is 37.0 Å². The molecule has 4 nitrogen and oxygen atoms in total. The summed E-state index contributed by atoms with van der Waals surface area (Å²) in [7, 11) is 0. The van der Waals surface area contributed by atoms with Gasteiger partial charge < -0.3 is 4.90 Å². The number of aromatic nitrogens is 1. The van der Waals surface area contributed by atoms with Crippen LogP contribution in [0.3, 0.4) is 0 Å². The second-order valence-electron chi connectivity index (χ2n) is 8.66. The van der Waals surface area contributed by atoms with Crippen molar-refractivity contribution in [2.24, 2.45) is 5.92 Å². The van der Waals surface area contributed by atoms with Crippen LogP contribution in [0, 0.1) is 5.92 Å². The van der Waals surface area contributed by atoms with Crippen LogP contribution in [-0.4, -0.2) is 66.1 Å². The molecule has 0 aromatic carbocycles. The van der Waals surface area contributed by atoms with E-state index in [-0.39, 0.29) is 0 Å². The van der Waals surface area contributed by atoms with Crippen LogP contribution < -0.4 is 4.90 Å². The van der Waals surface area contributed by atoms with Gasteiger partial charge in [-0.25, -0.2) is 4.98 Å². The Balaban J connectivity index is 1.19. The van der Waals surface area contributed by atoms with Crippen LogP contribution in [0.15, 0.2) is 72.5 Å². The zero-order valence-electron chi connectivity index (χ0n) is 17.2. The number of hydrogen-bond donors (Lipinski definition) is 0. The molecule has 2 aliphatic carbocycles. The molecular formula is C25H32N4. The summed E-state index contributed by atoms with van der Waals surface area (Å²) in [4.78, 5) is 12.4. The van der Waals surface area contributed by atoms with Crippen LogP contribution in [0.25, 0.3) is 0 Å². The number of rotatable bonds is 5. The van der Waals surface area contributed by atoms with E-state index in [1.54, 1.807) is 5.57 Å². The molecule has 2 atom stereocenters. The fourth-order valence-electron chi connectivity index (χ4n) is 5.22. The molecule has 0 radical (unpaired) electrons. The van der Waals surface area contributed by atoms with Gasteiger partial charge in [0.15, 0.2) is 0 Å². The predicted molar refractivity (Wildman–Crippen MR) is 120 cm³/mol. The first-order valence-corrected chi connectivity index (χ1v) is 11.2. The van der Waals surface area contributed by atoms with E-state index in [1.807, 2.05) is 12.3 Å². The van der Waals surface area contributed by atoms with E-state index in [9.17, 15) is 0 Å². The van der Waals surface area contributed by atoms with Crippen molar-refractivity contribution < 1.29 is 0 Å². The van der Waals surface area contributed by atoms with Crippen LogP contribution in [0.5, 0.6) is 0 Å². The molecule has 2 aliphatic heterocycles. The highest BCUT2D eigenvalue weighted by Gasteiger charge is 2.40. The quantitative estimate of drug-likeness (QED) is 0.768. The largest absolute Gasteiger partial charge is 0.354 e. The van der Waals surface area contributed by atoms with Crippen molar-refractivity contribution in [1.82, 2.24) is 14.8 Å². The van der Waals surface area contributed by atoms with Crippen molar-refractivity contribution >= 4 is 5.82 Å². The standard InChI is InChI=1S/C25H32N4/c1-3-9-21(10-4-1)25(22-11-5-2-6-12-22)29-19-23(20-29)27-15-17-28(18-16-27)24-13-7-8-14-26-24/h1,3-5,7-9,11-14,21,23,25H,2,6,10,15-20H2. The summed E-state index contributed by atoms with van der Waals surface area (Å²) in [5.41, 5.74) is 1.54. The minimum Gasteiger partial charge on any atom is -0.354 e. The molecule has 4 heteroatoms. The highest BCUT2D eigenvalue weighted by atomic mass is 15.4. The highest BCUT2D eigenvalue weighted by molar-refractivity contribution is 5.38. The van der Waals surface area contributed by atoms with E-state index in [4.69, 9.17) is 0 Å². The monoisotopic (exact) mass is 388 g/mol. The molecule has 29 heavy (non-hydrogen) atoms. The molecule has 0 N–H and O–H groups in total. The number of likely N-dealkylation sites (tertiary alicyclic amines) is 1. The summed E-state index contributed by atoms with van der Waals surface area (Å²) in [5, 5.41) is 0. The lowest BCUT2D eigenvalue weighted by Gasteiger charge is -2.52. The molecule has 5 rings (SSSR count). The topological polar surface area (TPSA) is 22.6 Å². The Labute approximate surface area is 174 Å². The first-order valence-electron chi connectivity index (χ1n) is 11.2. The fourth-order valence-corrected chi connectivity index (χ4v) is 5.22. The number of allylic oxidation sites excluding steroid dienone is 5. The summed E-state index contributed by atoms with van der Waals surface area (Å²) >= 11 is 0. The van der Waals surface area contributed by atoms with Gasteiger partial charge in [-0.2, -0.15) is 0 Å². The normalized spacial score (nSPS) is 27.0. The van der Waals surface area contributed by atoms with Crippen LogP contribution in [0.1, 0.15) is 19.3 Å². The SMILES string of the molecule is C1=CCC(C(C2=CCCC=C2)N2CC(N3CCN(c4ccccn4)CC3)C2)C=C1. The lowest BCUT2D eigenvalue weighted by atomic mass is 9.82. The molecule has 1 aromatic rings. The van der Waals surface area contributed by atoms with E-state index in [0.29, 0.717) is 18.0 Å². The molecule has 0 bridgehead atoms. The number of hydrogen-bond acceptors (Lipinski definition) is 4. The number of nitrogens with zero attached hydrogens (tertiary/aromatic N) is 4. The average molecular weight is 389 g/mol. The average Bonchev–Trinajstić information content (AvgIpc) is 2.78. The van der Waals surface area contributed by atoms with E-state index >= 15 is 0 Å². The first-order chi connectivity index (χ1) is 14.4. The van der Waals surface area contributed by atoms with Crippen molar-refractivity contribution in [3.8, 4) is 0 Å². The Morgan fingerprint density at radius 2 is 1.86 bits per heavy atom. The van der Waals surface area contributed by atoms with Gasteiger partial charge in [0.1, 0.15) is 5.82 Å². The Morgan fingerprint density at radius 3 is 2.55 bits per heavy atom. The number of anilines is 1. The minimum absolute atomic E-state index is 0.541. The molecule has 3 heterocycles. The maximum absolute atomic E-state index is 4.52. The minimum atomic E-state index is 0.541. The lowest BCUT2D eigenvalue weighted by molar-refractivity contribution is 0.00213. The summed E-state index contributed by atoms with van der Waals surface area (Å²) in [6, 6.07) is 7.46. The maximum Gasteiger partial charge on any atom is 0.128 e. The zero-order chi connectivity index (χ0) is 19.5. The van der Waals surface area contributed by atoms with Crippen LogP contribution in [0.2, 0.25) is 0 Å². The second kappa shape index (κ2) is 8.68. The molecule has 0 amide bonds. The maximum atomic E-state index is 4.52. The summed E-state index contributed by atoms with van der Waals surface area (Å²) in [6.07, 6.45) is 21.9. The van der Waals surface area contributed by atoms with Gasteiger partial charge in [0.05, 0.1) is 0 Å². The van der Waals surface area contributed by atoms with Gasteiger partial charge in [-0.3, -0.25) is 9.80 Å². The Morgan fingerprint density at radius 1 is 0.966 bits per heavy atom. The summed E-state index contributed by atoms with van der Waals surface area (Å²) < 4.78 is 0. The molecule has 2 unspecified atom stereocenters. The molecule has 152 valence electrons. The molecule has 2 saturated heterocycles. The van der Waals surface area contributed by atoms with Gasteiger partial charge >= 0.3 is 0 Å². The molecule has 2 fully saturated rings. The van der Waals surface area contributed by atoms with E-state index in [2.05, 4.69) is 74.3 Å². The molecular weight excluding hydrogens is 356 g/mol. The van der Waals surface area contributed by atoms with Crippen LogP contribution in [0.4, 0.5) is 5.82 Å². The molecule has 0 spiro atoms. The number of piperazine rings is 1. The van der Waals surface area contributed by atoms with Gasteiger partial charge in [0.25, 0.3) is 0 Å². The molecule has 4 aliphatic rings. The van der Waals surface area contributed by atoms with Gasteiger partial charge in [0.2, 0.25) is 0 Å². The van der Waals surface area contributed by atoms with Crippen molar-refractivity contribution in [3.05, 3.63) is 72.5 Å². The first kappa shape index (κ1) is 18.8. The number of pyridine rings is 1. The molecule has 0 saturated carbocycles. The van der Waals surface area contributed by atoms with E-state index < -0.39 is 0 Å². The fraction of sp³-hybridized carbons (Fsp3) is 0.480. The third kappa shape index (κ3) is 4.10. The van der Waals surface area contributed by atoms with Gasteiger partial charge in [0, 0.05) is 63.5 Å². The van der Waals surface area contributed by atoms with E-state index in [1.165, 1.54) is 25.9 Å². The Kier molecular flexibility index (Phi) is 5.64. The van der Waals surface area contributed by atoms with E-state index in [0.717, 1.165) is 38.4 Å². The molecule has 1 aromatic heterocycles. The third-order valence-electron chi connectivity index (χ3n) is 6.87. The Hall–Kier alpha value is -2.17. The third-order valence-corrected chi connectivity index (χ3v) is 6.87. The van der Waals surface area contributed by atoms with Crippen LogP contribution in [-0.2, 0) is 0 Å². The van der Waals surface area contributed by atoms with Crippen molar-refractivity contribution in [1.29, 1.82) is 0 Å². The second-order valence-corrected chi connectivity index (χ2v) is 8.66. The lowest BCUT2D eigenvalue weighted by Crippen LogP contribution is -2.66. The van der Waals surface area contributed by atoms with Crippen LogP contribution >= 0.6 is 0 Å². The summed E-state index contributed by atoms with van der Waals surface area (Å²) in [5.74, 6) is 1.73. The Bertz CT molecular complexity index is 795. The smallest absolute Gasteiger partial charge is 0.128 e. The summed E-state index contributed by atoms with van der Waals surface area (Å²) in [6.45, 7) is 6.87. The van der Waals surface area contributed by atoms with Crippen molar-refractivity contribution in [2.75, 3.05) is 44.2 Å². The van der Waals surface area contributed by atoms with Gasteiger partial charge in [-0.15, -0.1) is 0 Å². The van der Waals surface area contributed by atoms with Crippen molar-refractivity contribution in [3.63, 3.8) is 0 Å². The predicted octanol–water partition coefficient (Wildman–Crippen LogP) is 3.67. The van der Waals surface area contributed by atoms with Gasteiger partial charge in [-0.1, -0.05) is 48.6 Å².